The van der Waals surface area contributed by atoms with E-state index in [4.69, 9.17) is 15.6 Å². The fraction of sp³-hybridized carbons (Fsp3) is 0.455. The zero-order valence-electron chi connectivity index (χ0n) is 9.31. The van der Waals surface area contributed by atoms with Crippen LogP contribution in [0.1, 0.15) is 13.3 Å². The molecule has 90 valence electrons. The third kappa shape index (κ3) is 3.50. The Bertz CT molecular complexity index is 368. The van der Waals surface area contributed by atoms with Crippen LogP contribution in [0.2, 0.25) is 0 Å². The lowest BCUT2D eigenvalue weighted by molar-refractivity contribution is 0.296. The summed E-state index contributed by atoms with van der Waals surface area (Å²) in [4.78, 5) is 0.583. The predicted octanol–water partition coefficient (Wildman–Crippen LogP) is 1.16. The topological polar surface area (TPSA) is 72.5 Å². The minimum Gasteiger partial charge on any atom is -0.494 e. The van der Waals surface area contributed by atoms with Gasteiger partial charge >= 0.3 is 0 Å². The van der Waals surface area contributed by atoms with Crippen molar-refractivity contribution in [1.29, 1.82) is 0 Å². The van der Waals surface area contributed by atoms with Gasteiger partial charge in [-0.1, -0.05) is 0 Å². The molecule has 0 radical (unpaired) electrons. The summed E-state index contributed by atoms with van der Waals surface area (Å²) in [5, 5.41) is 8.68. The average Bonchev–Trinajstić information content (AvgIpc) is 2.29. The standard InChI is InChI=1S/C11H17NO3S/c1-2-15-9-4-5-10(12)11(8-9)16(14)7-3-6-13/h4-5,8,13H,2-3,6-7,12H2,1H3. The first kappa shape index (κ1) is 13.0. The molecule has 1 unspecified atom stereocenters. The molecule has 4 nitrogen and oxygen atoms in total. The molecule has 3 N–H and O–H groups in total. The van der Waals surface area contributed by atoms with Crippen molar-refractivity contribution in [1.82, 2.24) is 0 Å². The van der Waals surface area contributed by atoms with E-state index in [1.165, 1.54) is 0 Å². The van der Waals surface area contributed by atoms with Gasteiger partial charge in [-0.05, 0) is 31.5 Å². The van der Waals surface area contributed by atoms with Gasteiger partial charge < -0.3 is 15.6 Å². The molecular formula is C11H17NO3S. The zero-order valence-corrected chi connectivity index (χ0v) is 10.1. The van der Waals surface area contributed by atoms with Crippen LogP contribution < -0.4 is 10.5 Å². The zero-order chi connectivity index (χ0) is 12.0. The number of rotatable bonds is 6. The third-order valence-corrected chi connectivity index (χ3v) is 3.53. The third-order valence-electron chi connectivity index (χ3n) is 2.03. The summed E-state index contributed by atoms with van der Waals surface area (Å²) in [5.41, 5.74) is 6.25. The van der Waals surface area contributed by atoms with E-state index in [9.17, 15) is 4.21 Å². The normalized spacial score (nSPS) is 12.4. The Balaban J connectivity index is 2.84. The second-order valence-electron chi connectivity index (χ2n) is 3.26. The number of nitrogens with two attached hydrogens (primary N) is 1. The van der Waals surface area contributed by atoms with Gasteiger partial charge in [0.1, 0.15) is 5.75 Å². The summed E-state index contributed by atoms with van der Waals surface area (Å²) in [6.45, 7) is 2.49. The minimum atomic E-state index is -1.17. The van der Waals surface area contributed by atoms with Gasteiger partial charge in [0.15, 0.2) is 0 Å². The molecule has 0 heterocycles. The maximum atomic E-state index is 11.8. The Morgan fingerprint density at radius 1 is 1.50 bits per heavy atom. The first-order valence-corrected chi connectivity index (χ1v) is 6.52. The predicted molar refractivity (Wildman–Crippen MR) is 65.0 cm³/mol. The van der Waals surface area contributed by atoms with E-state index in [-0.39, 0.29) is 6.61 Å². The van der Waals surface area contributed by atoms with E-state index in [1.807, 2.05) is 6.92 Å². The van der Waals surface area contributed by atoms with Crippen molar-refractivity contribution in [3.8, 4) is 5.75 Å². The van der Waals surface area contributed by atoms with E-state index < -0.39 is 10.8 Å². The van der Waals surface area contributed by atoms with E-state index in [0.717, 1.165) is 0 Å². The lowest BCUT2D eigenvalue weighted by Gasteiger charge is -2.08. The van der Waals surface area contributed by atoms with Crippen LogP contribution in [0.4, 0.5) is 5.69 Å². The highest BCUT2D eigenvalue weighted by Gasteiger charge is 2.09. The molecular weight excluding hydrogens is 226 g/mol. The molecule has 16 heavy (non-hydrogen) atoms. The van der Waals surface area contributed by atoms with E-state index in [0.29, 0.717) is 35.1 Å². The molecule has 1 atom stereocenters. The van der Waals surface area contributed by atoms with Gasteiger partial charge in [0.2, 0.25) is 0 Å². The summed E-state index contributed by atoms with van der Waals surface area (Å²) in [6.07, 6.45) is 0.505. The quantitative estimate of drug-likeness (QED) is 0.735. The van der Waals surface area contributed by atoms with Crippen LogP contribution in [-0.4, -0.2) is 28.3 Å². The molecule has 0 aliphatic carbocycles. The van der Waals surface area contributed by atoms with Crippen molar-refractivity contribution < 1.29 is 14.1 Å². The van der Waals surface area contributed by atoms with E-state index >= 15 is 0 Å². The molecule has 0 bridgehead atoms. The molecule has 0 aromatic heterocycles. The second kappa shape index (κ2) is 6.50. The van der Waals surface area contributed by atoms with Crippen LogP contribution in [0.5, 0.6) is 5.75 Å². The van der Waals surface area contributed by atoms with Gasteiger partial charge in [-0.15, -0.1) is 0 Å². The molecule has 1 aromatic carbocycles. The molecule has 0 aliphatic rings. The van der Waals surface area contributed by atoms with Crippen molar-refractivity contribution in [3.63, 3.8) is 0 Å². The number of anilines is 1. The van der Waals surface area contributed by atoms with Crippen molar-refractivity contribution >= 4 is 16.5 Å². The van der Waals surface area contributed by atoms with Crippen molar-refractivity contribution in [2.24, 2.45) is 0 Å². The van der Waals surface area contributed by atoms with Gasteiger partial charge in [0.25, 0.3) is 0 Å². The monoisotopic (exact) mass is 243 g/mol. The van der Waals surface area contributed by atoms with Crippen LogP contribution in [-0.2, 0) is 10.8 Å². The SMILES string of the molecule is CCOc1ccc(N)c(S(=O)CCCO)c1. The molecule has 1 rings (SSSR count). The number of hydrogen-bond donors (Lipinski definition) is 2. The van der Waals surface area contributed by atoms with Crippen molar-refractivity contribution in [3.05, 3.63) is 18.2 Å². The highest BCUT2D eigenvalue weighted by atomic mass is 32.2. The smallest absolute Gasteiger partial charge is 0.120 e. The van der Waals surface area contributed by atoms with Crippen LogP contribution in [0.25, 0.3) is 0 Å². The summed E-state index contributed by atoms with van der Waals surface area (Å²) < 4.78 is 17.2. The van der Waals surface area contributed by atoms with Gasteiger partial charge in [0.05, 0.1) is 22.3 Å². The fourth-order valence-electron chi connectivity index (χ4n) is 1.27. The number of aliphatic hydroxyl groups excluding tert-OH is 1. The number of hydrogen-bond acceptors (Lipinski definition) is 4. The van der Waals surface area contributed by atoms with Crippen LogP contribution in [0.3, 0.4) is 0 Å². The van der Waals surface area contributed by atoms with Crippen molar-refractivity contribution in [2.75, 3.05) is 24.7 Å². The second-order valence-corrected chi connectivity index (χ2v) is 4.80. The van der Waals surface area contributed by atoms with Crippen molar-refractivity contribution in [2.45, 2.75) is 18.2 Å². The van der Waals surface area contributed by atoms with Gasteiger partial charge in [0, 0.05) is 18.0 Å². The van der Waals surface area contributed by atoms with Crippen LogP contribution >= 0.6 is 0 Å². The molecule has 0 saturated carbocycles. The van der Waals surface area contributed by atoms with Gasteiger partial charge in [-0.25, -0.2) is 0 Å². The number of benzene rings is 1. The Morgan fingerprint density at radius 2 is 2.25 bits per heavy atom. The van der Waals surface area contributed by atoms with E-state index in [2.05, 4.69) is 0 Å². The Kier molecular flexibility index (Phi) is 5.28. The minimum absolute atomic E-state index is 0.0385. The molecule has 0 spiro atoms. The van der Waals surface area contributed by atoms with Gasteiger partial charge in [-0.3, -0.25) is 4.21 Å². The highest BCUT2D eigenvalue weighted by molar-refractivity contribution is 7.85. The number of ether oxygens (including phenoxy) is 1. The average molecular weight is 243 g/mol. The van der Waals surface area contributed by atoms with Crippen LogP contribution in [0, 0.1) is 0 Å². The summed E-state index contributed by atoms with van der Waals surface area (Å²) in [5.74, 6) is 1.08. The first-order valence-electron chi connectivity index (χ1n) is 5.20. The highest BCUT2D eigenvalue weighted by Crippen LogP contribution is 2.23. The maximum Gasteiger partial charge on any atom is 0.120 e. The number of aliphatic hydroxyl groups is 1. The summed E-state index contributed by atoms with van der Waals surface area (Å²) in [6, 6.07) is 5.15. The maximum absolute atomic E-state index is 11.8. The molecule has 0 saturated heterocycles. The molecule has 1 aromatic rings. The molecule has 0 fully saturated rings. The lowest BCUT2D eigenvalue weighted by atomic mass is 10.3. The Labute approximate surface area is 97.9 Å². The largest absolute Gasteiger partial charge is 0.494 e. The molecule has 5 heteroatoms. The summed E-state index contributed by atoms with van der Waals surface area (Å²) in [7, 11) is -1.17. The fourth-order valence-corrected chi connectivity index (χ4v) is 2.46. The molecule has 0 aliphatic heterocycles. The Morgan fingerprint density at radius 3 is 2.88 bits per heavy atom. The Hall–Kier alpha value is -1.07. The first-order chi connectivity index (χ1) is 7.69. The summed E-state index contributed by atoms with van der Waals surface area (Å²) >= 11 is 0. The van der Waals surface area contributed by atoms with Gasteiger partial charge in [-0.2, -0.15) is 0 Å². The van der Waals surface area contributed by atoms with E-state index in [1.54, 1.807) is 18.2 Å². The van der Waals surface area contributed by atoms with Crippen LogP contribution in [0.15, 0.2) is 23.1 Å². The molecule has 0 amide bonds. The lowest BCUT2D eigenvalue weighted by Crippen LogP contribution is -2.04. The number of nitrogen functional groups attached to an aromatic ring is 1.